The molecule has 3 aromatic rings. The lowest BCUT2D eigenvalue weighted by Gasteiger charge is -2.13. The fraction of sp³-hybridized carbons (Fsp3) is 0.273. The molecule has 0 aliphatic rings. The van der Waals surface area contributed by atoms with E-state index in [2.05, 4.69) is 59.1 Å². The lowest BCUT2D eigenvalue weighted by Crippen LogP contribution is -2.31. The maximum Gasteiger partial charge on any atom is 0.319 e. The fourth-order valence-corrected chi connectivity index (χ4v) is 3.77. The number of carbonyl (C=O) groups excluding carboxylic acids is 1. The van der Waals surface area contributed by atoms with E-state index in [1.54, 1.807) is 11.3 Å². The number of nitrogens with one attached hydrogen (secondary N) is 2. The summed E-state index contributed by atoms with van der Waals surface area (Å²) in [5, 5.41) is 8.99. The summed E-state index contributed by atoms with van der Waals surface area (Å²) < 4.78 is 0. The van der Waals surface area contributed by atoms with Crippen molar-refractivity contribution in [2.75, 3.05) is 11.9 Å². The van der Waals surface area contributed by atoms with Crippen LogP contribution in [-0.4, -0.2) is 17.6 Å². The van der Waals surface area contributed by atoms with Crippen LogP contribution in [0.25, 0.3) is 10.6 Å². The maximum atomic E-state index is 12.2. The maximum absolute atomic E-state index is 12.2. The number of para-hydroxylation sites is 1. The lowest BCUT2D eigenvalue weighted by atomic mass is 10.1. The van der Waals surface area contributed by atoms with Crippen LogP contribution in [0.3, 0.4) is 0 Å². The van der Waals surface area contributed by atoms with Crippen molar-refractivity contribution in [2.45, 2.75) is 33.6 Å². The van der Waals surface area contributed by atoms with Gasteiger partial charge in [0.05, 0.1) is 5.69 Å². The minimum Gasteiger partial charge on any atom is -0.337 e. The first kappa shape index (κ1) is 19.1. The van der Waals surface area contributed by atoms with Crippen LogP contribution in [0.15, 0.2) is 47.8 Å². The Morgan fingerprint density at radius 1 is 1.11 bits per heavy atom. The number of aryl methyl sites for hydroxylation is 3. The van der Waals surface area contributed by atoms with Crippen LogP contribution in [0.5, 0.6) is 0 Å². The average molecular weight is 380 g/mol. The molecule has 0 fully saturated rings. The first-order valence-electron chi connectivity index (χ1n) is 9.21. The van der Waals surface area contributed by atoms with Gasteiger partial charge in [0.25, 0.3) is 0 Å². The second-order valence-electron chi connectivity index (χ2n) is 6.60. The van der Waals surface area contributed by atoms with Gasteiger partial charge in [0.15, 0.2) is 0 Å². The third-order valence-corrected chi connectivity index (χ3v) is 5.44. The number of carbonyl (C=O) groups is 1. The van der Waals surface area contributed by atoms with Crippen LogP contribution in [0.1, 0.15) is 29.3 Å². The second-order valence-corrected chi connectivity index (χ2v) is 7.46. The monoisotopic (exact) mass is 379 g/mol. The summed E-state index contributed by atoms with van der Waals surface area (Å²) in [7, 11) is 0. The van der Waals surface area contributed by atoms with E-state index in [1.165, 1.54) is 5.56 Å². The predicted molar refractivity (Wildman–Crippen MR) is 114 cm³/mol. The zero-order valence-electron chi connectivity index (χ0n) is 16.0. The van der Waals surface area contributed by atoms with Crippen LogP contribution >= 0.6 is 11.3 Å². The van der Waals surface area contributed by atoms with Crippen LogP contribution in [0, 0.1) is 13.8 Å². The van der Waals surface area contributed by atoms with Gasteiger partial charge < -0.3 is 10.6 Å². The lowest BCUT2D eigenvalue weighted by molar-refractivity contribution is 0.252. The van der Waals surface area contributed by atoms with Crippen LogP contribution in [0.4, 0.5) is 10.5 Å². The molecule has 0 saturated heterocycles. The Morgan fingerprint density at radius 2 is 1.89 bits per heavy atom. The number of urea groups is 1. The molecule has 1 heterocycles. The van der Waals surface area contributed by atoms with E-state index in [-0.39, 0.29) is 6.03 Å². The van der Waals surface area contributed by atoms with Gasteiger partial charge in [-0.1, -0.05) is 55.0 Å². The zero-order chi connectivity index (χ0) is 19.2. The van der Waals surface area contributed by atoms with E-state index in [0.29, 0.717) is 13.0 Å². The number of rotatable bonds is 6. The van der Waals surface area contributed by atoms with Crippen LogP contribution in [0.2, 0.25) is 0 Å². The molecule has 0 atom stereocenters. The number of aromatic nitrogens is 1. The van der Waals surface area contributed by atoms with Crippen LogP contribution in [-0.2, 0) is 12.8 Å². The molecule has 140 valence electrons. The molecule has 0 radical (unpaired) electrons. The Kier molecular flexibility index (Phi) is 6.24. The Balaban J connectivity index is 1.53. The van der Waals surface area contributed by atoms with Gasteiger partial charge in [0.1, 0.15) is 5.01 Å². The molecule has 3 rings (SSSR count). The molecule has 2 aromatic carbocycles. The van der Waals surface area contributed by atoms with Gasteiger partial charge in [0.2, 0.25) is 0 Å². The van der Waals surface area contributed by atoms with Crippen molar-refractivity contribution in [1.82, 2.24) is 10.3 Å². The minimum absolute atomic E-state index is 0.173. The number of hydrogen-bond acceptors (Lipinski definition) is 3. The standard InChI is InChI=1S/C22H25N3OS/c1-4-17-7-5-6-16(3)20(17)25-22(26)23-13-12-19-14-27-21(24-19)18-10-8-15(2)9-11-18/h5-11,14H,4,12-13H2,1-3H3,(H2,23,25,26). The van der Waals surface area contributed by atoms with E-state index in [9.17, 15) is 4.79 Å². The summed E-state index contributed by atoms with van der Waals surface area (Å²) in [6, 6.07) is 14.3. The molecule has 0 aliphatic carbocycles. The van der Waals surface area contributed by atoms with Gasteiger partial charge in [-0.25, -0.2) is 9.78 Å². The largest absolute Gasteiger partial charge is 0.337 e. The van der Waals surface area contributed by atoms with E-state index in [0.717, 1.165) is 39.5 Å². The van der Waals surface area contributed by atoms with Crippen molar-refractivity contribution >= 4 is 23.1 Å². The Hall–Kier alpha value is -2.66. The average Bonchev–Trinajstić information content (AvgIpc) is 3.13. The van der Waals surface area contributed by atoms with Crippen molar-refractivity contribution in [2.24, 2.45) is 0 Å². The topological polar surface area (TPSA) is 54.0 Å². The molecule has 2 N–H and O–H groups in total. The van der Waals surface area contributed by atoms with Gasteiger partial charge in [0, 0.05) is 29.6 Å². The molecule has 27 heavy (non-hydrogen) atoms. The number of anilines is 1. The van der Waals surface area contributed by atoms with E-state index in [4.69, 9.17) is 0 Å². The molecule has 0 bridgehead atoms. The molecular formula is C22H25N3OS. The highest BCUT2D eigenvalue weighted by Crippen LogP contribution is 2.24. The summed E-state index contributed by atoms with van der Waals surface area (Å²) in [6.07, 6.45) is 1.60. The Labute approximate surface area is 164 Å². The number of thiazole rings is 1. The fourth-order valence-electron chi connectivity index (χ4n) is 2.91. The van der Waals surface area contributed by atoms with Gasteiger partial charge in [-0.3, -0.25) is 0 Å². The molecule has 0 unspecified atom stereocenters. The number of hydrogen-bond donors (Lipinski definition) is 2. The van der Waals surface area contributed by atoms with Gasteiger partial charge in [-0.2, -0.15) is 0 Å². The highest BCUT2D eigenvalue weighted by atomic mass is 32.1. The number of amides is 2. The quantitative estimate of drug-likeness (QED) is 0.606. The van der Waals surface area contributed by atoms with Crippen molar-refractivity contribution in [3.8, 4) is 10.6 Å². The Bertz CT molecular complexity index is 916. The molecule has 0 aliphatic heterocycles. The van der Waals surface area contributed by atoms with Crippen molar-refractivity contribution < 1.29 is 4.79 Å². The highest BCUT2D eigenvalue weighted by molar-refractivity contribution is 7.13. The third-order valence-electron chi connectivity index (χ3n) is 4.50. The molecule has 5 heteroatoms. The highest BCUT2D eigenvalue weighted by Gasteiger charge is 2.09. The van der Waals surface area contributed by atoms with Crippen molar-refractivity contribution in [3.63, 3.8) is 0 Å². The van der Waals surface area contributed by atoms with E-state index >= 15 is 0 Å². The van der Waals surface area contributed by atoms with E-state index in [1.807, 2.05) is 25.1 Å². The molecular weight excluding hydrogens is 354 g/mol. The normalized spacial score (nSPS) is 10.6. The number of nitrogens with zero attached hydrogens (tertiary/aromatic N) is 1. The zero-order valence-corrected chi connectivity index (χ0v) is 16.8. The van der Waals surface area contributed by atoms with Gasteiger partial charge in [-0.05, 0) is 31.4 Å². The van der Waals surface area contributed by atoms with Crippen molar-refractivity contribution in [3.05, 3.63) is 70.2 Å². The summed E-state index contributed by atoms with van der Waals surface area (Å²) in [5.74, 6) is 0. The van der Waals surface area contributed by atoms with E-state index < -0.39 is 0 Å². The molecule has 2 amide bonds. The second kappa shape index (κ2) is 8.82. The molecule has 0 spiro atoms. The minimum atomic E-state index is -0.173. The predicted octanol–water partition coefficient (Wildman–Crippen LogP) is 5.35. The first-order chi connectivity index (χ1) is 13.1. The molecule has 1 aromatic heterocycles. The smallest absolute Gasteiger partial charge is 0.319 e. The molecule has 4 nitrogen and oxygen atoms in total. The van der Waals surface area contributed by atoms with Gasteiger partial charge in [-0.15, -0.1) is 11.3 Å². The van der Waals surface area contributed by atoms with Gasteiger partial charge >= 0.3 is 6.03 Å². The number of benzene rings is 2. The molecule has 0 saturated carbocycles. The Morgan fingerprint density at radius 3 is 2.63 bits per heavy atom. The van der Waals surface area contributed by atoms with Crippen LogP contribution < -0.4 is 10.6 Å². The third kappa shape index (κ3) is 4.95. The summed E-state index contributed by atoms with van der Waals surface area (Å²) in [5.41, 5.74) is 6.51. The summed E-state index contributed by atoms with van der Waals surface area (Å²) in [6.45, 7) is 6.73. The summed E-state index contributed by atoms with van der Waals surface area (Å²) in [4.78, 5) is 16.9. The van der Waals surface area contributed by atoms with Crippen molar-refractivity contribution in [1.29, 1.82) is 0 Å². The summed E-state index contributed by atoms with van der Waals surface area (Å²) >= 11 is 1.64. The first-order valence-corrected chi connectivity index (χ1v) is 10.1. The SMILES string of the molecule is CCc1cccc(C)c1NC(=O)NCCc1csc(-c2ccc(C)cc2)n1.